The highest BCUT2D eigenvalue weighted by molar-refractivity contribution is 5.72. The monoisotopic (exact) mass is 280 g/mol. The van der Waals surface area contributed by atoms with E-state index in [1.165, 1.54) is 5.56 Å². The minimum absolute atomic E-state index is 0.292. The molecule has 0 saturated heterocycles. The number of phenols is 1. The Balaban J connectivity index is 2.53. The van der Waals surface area contributed by atoms with Gasteiger partial charge in [0.15, 0.2) is 0 Å². The van der Waals surface area contributed by atoms with Gasteiger partial charge >= 0.3 is 0 Å². The lowest BCUT2D eigenvalue weighted by Gasteiger charge is -2.12. The second kappa shape index (κ2) is 6.80. The molecule has 0 amide bonds. The Morgan fingerprint density at radius 1 is 1.05 bits per heavy atom. The summed E-state index contributed by atoms with van der Waals surface area (Å²) in [7, 11) is 1.66. The second-order valence-electron chi connectivity index (χ2n) is 4.86. The molecule has 2 heteroatoms. The van der Waals surface area contributed by atoms with Gasteiger partial charge in [-0.2, -0.15) is 0 Å². The van der Waals surface area contributed by atoms with E-state index in [4.69, 9.17) is 4.74 Å². The van der Waals surface area contributed by atoms with Crippen LogP contribution >= 0.6 is 0 Å². The summed E-state index contributed by atoms with van der Waals surface area (Å²) in [6.07, 6.45) is 5.11. The van der Waals surface area contributed by atoms with Crippen LogP contribution in [0.5, 0.6) is 11.5 Å². The van der Waals surface area contributed by atoms with Gasteiger partial charge in [-0.1, -0.05) is 24.3 Å². The van der Waals surface area contributed by atoms with E-state index >= 15 is 0 Å². The molecule has 0 radical (unpaired) electrons. The van der Waals surface area contributed by atoms with Crippen molar-refractivity contribution in [1.29, 1.82) is 0 Å². The zero-order valence-corrected chi connectivity index (χ0v) is 12.3. The number of methoxy groups -OCH3 is 1. The van der Waals surface area contributed by atoms with E-state index in [0.717, 1.165) is 28.9 Å². The molecule has 0 saturated carbocycles. The summed E-state index contributed by atoms with van der Waals surface area (Å²) in [5, 5.41) is 9.89. The topological polar surface area (TPSA) is 29.5 Å². The highest BCUT2D eigenvalue weighted by atomic mass is 16.5. The lowest BCUT2D eigenvalue weighted by molar-refractivity contribution is 0.416. The van der Waals surface area contributed by atoms with E-state index in [9.17, 15) is 5.11 Å². The van der Waals surface area contributed by atoms with Crippen LogP contribution < -0.4 is 4.74 Å². The molecule has 2 nitrogen and oxygen atoms in total. The van der Waals surface area contributed by atoms with Gasteiger partial charge in [0.25, 0.3) is 0 Å². The van der Waals surface area contributed by atoms with Crippen LogP contribution in [0.2, 0.25) is 0 Å². The maximum atomic E-state index is 9.89. The zero-order chi connectivity index (χ0) is 15.2. The smallest absolute Gasteiger partial charge is 0.126 e. The van der Waals surface area contributed by atoms with Gasteiger partial charge < -0.3 is 9.84 Å². The molecule has 0 aliphatic carbocycles. The molecule has 0 aliphatic rings. The van der Waals surface area contributed by atoms with Crippen molar-refractivity contribution in [2.24, 2.45) is 0 Å². The summed E-state index contributed by atoms with van der Waals surface area (Å²) < 4.78 is 5.45. The van der Waals surface area contributed by atoms with Crippen molar-refractivity contribution in [2.75, 3.05) is 7.11 Å². The van der Waals surface area contributed by atoms with Crippen molar-refractivity contribution < 1.29 is 9.84 Å². The first-order valence-electron chi connectivity index (χ1n) is 6.90. The van der Waals surface area contributed by atoms with Gasteiger partial charge in [-0.15, -0.1) is 13.2 Å². The molecule has 0 fully saturated rings. The maximum Gasteiger partial charge on any atom is 0.126 e. The van der Waals surface area contributed by atoms with E-state index in [1.807, 2.05) is 30.3 Å². The molecule has 2 aromatic rings. The number of ether oxygens (including phenoxy) is 1. The molecule has 0 heterocycles. The molecule has 2 rings (SSSR count). The van der Waals surface area contributed by atoms with Gasteiger partial charge in [0, 0.05) is 5.56 Å². The summed E-state index contributed by atoms with van der Waals surface area (Å²) in [4.78, 5) is 0. The predicted octanol–water partition coefficient (Wildman–Crippen LogP) is 4.52. The fraction of sp³-hybridized carbons (Fsp3) is 0.158. The van der Waals surface area contributed by atoms with Crippen molar-refractivity contribution in [3.05, 3.63) is 72.8 Å². The number of hydrogen-bond acceptors (Lipinski definition) is 2. The molecule has 0 aromatic heterocycles. The molecule has 0 atom stereocenters. The molecule has 2 aromatic carbocycles. The van der Waals surface area contributed by atoms with Crippen LogP contribution in [0.3, 0.4) is 0 Å². The van der Waals surface area contributed by atoms with Crippen molar-refractivity contribution in [3.63, 3.8) is 0 Å². The summed E-state index contributed by atoms with van der Waals surface area (Å²) in [6.45, 7) is 7.50. The molecule has 0 spiro atoms. The lowest BCUT2D eigenvalue weighted by atomic mass is 9.97. The second-order valence-corrected chi connectivity index (χ2v) is 4.86. The van der Waals surface area contributed by atoms with Crippen molar-refractivity contribution in [2.45, 2.75) is 12.8 Å². The maximum absolute atomic E-state index is 9.89. The Bertz CT molecular complexity index is 657. The van der Waals surface area contributed by atoms with Crippen LogP contribution in [-0.4, -0.2) is 12.2 Å². The molecule has 108 valence electrons. The molecular weight excluding hydrogens is 260 g/mol. The van der Waals surface area contributed by atoms with Gasteiger partial charge in [0.1, 0.15) is 11.5 Å². The number of phenolic OH excluding ortho intramolecular Hbond substituents is 1. The molecule has 0 bridgehead atoms. The van der Waals surface area contributed by atoms with Crippen LogP contribution in [0.25, 0.3) is 11.1 Å². The Hall–Kier alpha value is -2.48. The average Bonchev–Trinajstić information content (AvgIpc) is 2.50. The fourth-order valence-electron chi connectivity index (χ4n) is 2.35. The SMILES string of the molecule is C=CCc1ccc(OC)c(-c2ccc(O)c(CC=C)c2)c1. The summed E-state index contributed by atoms with van der Waals surface area (Å²) in [5.41, 5.74) is 4.08. The largest absolute Gasteiger partial charge is 0.508 e. The normalized spacial score (nSPS) is 10.1. The standard InChI is InChI=1S/C19H20O2/c1-4-6-14-8-11-19(21-3)17(12-14)15-9-10-18(20)16(13-15)7-5-2/h4-5,8-13,20H,1-2,6-7H2,3H3. The van der Waals surface area contributed by atoms with E-state index < -0.39 is 0 Å². The number of hydrogen-bond donors (Lipinski definition) is 1. The number of benzene rings is 2. The van der Waals surface area contributed by atoms with E-state index in [2.05, 4.69) is 19.2 Å². The van der Waals surface area contributed by atoms with Gasteiger partial charge in [-0.25, -0.2) is 0 Å². The summed E-state index contributed by atoms with van der Waals surface area (Å²) in [6, 6.07) is 11.7. The van der Waals surface area contributed by atoms with Crippen molar-refractivity contribution in [3.8, 4) is 22.6 Å². The minimum atomic E-state index is 0.292. The van der Waals surface area contributed by atoms with E-state index in [0.29, 0.717) is 12.2 Å². The lowest BCUT2D eigenvalue weighted by Crippen LogP contribution is -1.92. The molecular formula is C19H20O2. The Kier molecular flexibility index (Phi) is 4.83. The first kappa shape index (κ1) is 14.9. The molecule has 21 heavy (non-hydrogen) atoms. The number of allylic oxidation sites excluding steroid dienone is 2. The van der Waals surface area contributed by atoms with Crippen LogP contribution in [-0.2, 0) is 12.8 Å². The summed E-state index contributed by atoms with van der Waals surface area (Å²) in [5.74, 6) is 1.11. The third kappa shape index (κ3) is 3.34. The van der Waals surface area contributed by atoms with Crippen LogP contribution in [0.4, 0.5) is 0 Å². The molecule has 0 unspecified atom stereocenters. The summed E-state index contributed by atoms with van der Waals surface area (Å²) >= 11 is 0. The fourth-order valence-corrected chi connectivity index (χ4v) is 2.35. The average molecular weight is 280 g/mol. The third-order valence-corrected chi connectivity index (χ3v) is 3.40. The Morgan fingerprint density at radius 2 is 1.81 bits per heavy atom. The van der Waals surface area contributed by atoms with Gasteiger partial charge in [-0.3, -0.25) is 0 Å². The predicted molar refractivity (Wildman–Crippen MR) is 87.9 cm³/mol. The molecule has 0 aliphatic heterocycles. The third-order valence-electron chi connectivity index (χ3n) is 3.40. The highest BCUT2D eigenvalue weighted by Gasteiger charge is 2.09. The van der Waals surface area contributed by atoms with Gasteiger partial charge in [0.05, 0.1) is 7.11 Å². The van der Waals surface area contributed by atoms with Gasteiger partial charge in [-0.05, 0) is 53.8 Å². The quantitative estimate of drug-likeness (QED) is 0.788. The Morgan fingerprint density at radius 3 is 2.48 bits per heavy atom. The van der Waals surface area contributed by atoms with Crippen molar-refractivity contribution >= 4 is 0 Å². The van der Waals surface area contributed by atoms with Gasteiger partial charge in [0.2, 0.25) is 0 Å². The van der Waals surface area contributed by atoms with Crippen molar-refractivity contribution in [1.82, 2.24) is 0 Å². The zero-order valence-electron chi connectivity index (χ0n) is 12.3. The van der Waals surface area contributed by atoms with Crippen LogP contribution in [0.15, 0.2) is 61.7 Å². The molecule has 1 N–H and O–H groups in total. The number of rotatable bonds is 6. The first-order chi connectivity index (χ1) is 10.2. The van der Waals surface area contributed by atoms with E-state index in [-0.39, 0.29) is 0 Å². The van der Waals surface area contributed by atoms with Crippen LogP contribution in [0, 0.1) is 0 Å². The van der Waals surface area contributed by atoms with Crippen LogP contribution in [0.1, 0.15) is 11.1 Å². The first-order valence-corrected chi connectivity index (χ1v) is 6.90. The van der Waals surface area contributed by atoms with E-state index in [1.54, 1.807) is 19.3 Å². The minimum Gasteiger partial charge on any atom is -0.508 e. The highest BCUT2D eigenvalue weighted by Crippen LogP contribution is 2.33. The number of aromatic hydroxyl groups is 1. The Labute approximate surface area is 126 Å².